The molecule has 1 aliphatic heterocycles. The first kappa shape index (κ1) is 17.7. The molecule has 2 atom stereocenters. The van der Waals surface area contributed by atoms with E-state index >= 15 is 0 Å². The summed E-state index contributed by atoms with van der Waals surface area (Å²) in [7, 11) is 0. The van der Waals surface area contributed by atoms with E-state index in [1.807, 2.05) is 44.2 Å². The monoisotopic (exact) mass is 368 g/mol. The predicted molar refractivity (Wildman–Crippen MR) is 100 cm³/mol. The van der Waals surface area contributed by atoms with E-state index in [0.717, 1.165) is 34.7 Å². The van der Waals surface area contributed by atoms with Crippen LogP contribution in [0.2, 0.25) is 0 Å². The predicted octanol–water partition coefficient (Wildman–Crippen LogP) is 2.41. The van der Waals surface area contributed by atoms with Gasteiger partial charge in [-0.15, -0.1) is 0 Å². The van der Waals surface area contributed by atoms with E-state index in [0.29, 0.717) is 26.2 Å². The standard InChI is InChI=1S/C20H24N4O3/c1-13-9-16(27-23-13)10-15-11-26-12-18(15)22-20(25)7-8-24-14(2)21-17-5-3-4-6-19(17)24/h3-6,9,15,18H,7-8,10-12H2,1-2H3,(H,22,25)/t15-,18+/m0/s1. The molecule has 3 aromatic rings. The van der Waals surface area contributed by atoms with Crippen molar-refractivity contribution in [2.45, 2.75) is 39.3 Å². The Hall–Kier alpha value is -2.67. The van der Waals surface area contributed by atoms with E-state index < -0.39 is 0 Å². The first-order valence-electron chi connectivity index (χ1n) is 9.31. The molecule has 0 aliphatic carbocycles. The topological polar surface area (TPSA) is 82.2 Å². The maximum absolute atomic E-state index is 12.5. The number of aromatic nitrogens is 3. The molecular formula is C20H24N4O3. The number of ether oxygens (including phenoxy) is 1. The molecule has 1 aromatic carbocycles. The minimum Gasteiger partial charge on any atom is -0.379 e. The summed E-state index contributed by atoms with van der Waals surface area (Å²) in [5.41, 5.74) is 2.89. The number of benzene rings is 1. The van der Waals surface area contributed by atoms with Gasteiger partial charge in [0.2, 0.25) is 5.91 Å². The summed E-state index contributed by atoms with van der Waals surface area (Å²) in [6, 6.07) is 9.93. The van der Waals surface area contributed by atoms with Crippen molar-refractivity contribution in [1.82, 2.24) is 20.0 Å². The highest BCUT2D eigenvalue weighted by molar-refractivity contribution is 5.78. The van der Waals surface area contributed by atoms with Crippen molar-refractivity contribution in [3.05, 3.63) is 47.6 Å². The lowest BCUT2D eigenvalue weighted by Crippen LogP contribution is -2.40. The van der Waals surface area contributed by atoms with Crippen LogP contribution in [0.15, 0.2) is 34.9 Å². The van der Waals surface area contributed by atoms with Crippen molar-refractivity contribution < 1.29 is 14.1 Å². The minimum atomic E-state index is 0.00327. The number of hydrogen-bond donors (Lipinski definition) is 1. The molecular weight excluding hydrogens is 344 g/mol. The summed E-state index contributed by atoms with van der Waals surface area (Å²) in [6.07, 6.45) is 1.13. The lowest BCUT2D eigenvalue weighted by molar-refractivity contribution is -0.122. The number of fused-ring (bicyclic) bond motifs is 1. The largest absolute Gasteiger partial charge is 0.379 e. The number of aryl methyl sites for hydroxylation is 3. The molecule has 142 valence electrons. The zero-order chi connectivity index (χ0) is 18.8. The fourth-order valence-electron chi connectivity index (χ4n) is 3.70. The Balaban J connectivity index is 1.35. The Morgan fingerprint density at radius 1 is 1.30 bits per heavy atom. The van der Waals surface area contributed by atoms with Crippen LogP contribution in [-0.4, -0.2) is 39.9 Å². The van der Waals surface area contributed by atoms with Gasteiger partial charge in [-0.05, 0) is 26.0 Å². The Morgan fingerprint density at radius 3 is 2.96 bits per heavy atom. The SMILES string of the molecule is Cc1cc(C[C@H]2COC[C@H]2NC(=O)CCn2c(C)nc3ccccc32)on1. The van der Waals surface area contributed by atoms with Crippen LogP contribution in [0.1, 0.15) is 23.7 Å². The van der Waals surface area contributed by atoms with Crippen LogP contribution in [-0.2, 0) is 22.5 Å². The molecule has 0 unspecified atom stereocenters. The fourth-order valence-corrected chi connectivity index (χ4v) is 3.70. The average Bonchev–Trinajstić information content (AvgIpc) is 3.33. The Morgan fingerprint density at radius 2 is 2.15 bits per heavy atom. The molecule has 3 heterocycles. The number of nitrogens with zero attached hydrogens (tertiary/aromatic N) is 3. The third-order valence-corrected chi connectivity index (χ3v) is 5.09. The molecule has 0 saturated carbocycles. The molecule has 0 bridgehead atoms. The van der Waals surface area contributed by atoms with Crippen molar-refractivity contribution in [2.24, 2.45) is 5.92 Å². The van der Waals surface area contributed by atoms with E-state index in [9.17, 15) is 4.79 Å². The van der Waals surface area contributed by atoms with E-state index in [2.05, 4.69) is 20.0 Å². The number of imidazole rings is 1. The molecule has 0 spiro atoms. The summed E-state index contributed by atoms with van der Waals surface area (Å²) < 4.78 is 13.0. The molecule has 1 saturated heterocycles. The maximum atomic E-state index is 12.5. The average molecular weight is 368 g/mol. The first-order chi connectivity index (χ1) is 13.1. The molecule has 7 nitrogen and oxygen atoms in total. The highest BCUT2D eigenvalue weighted by Crippen LogP contribution is 2.20. The van der Waals surface area contributed by atoms with Gasteiger partial charge in [0.05, 0.1) is 36.0 Å². The first-order valence-corrected chi connectivity index (χ1v) is 9.31. The van der Waals surface area contributed by atoms with Crippen LogP contribution in [0.5, 0.6) is 0 Å². The number of nitrogens with one attached hydrogen (secondary N) is 1. The summed E-state index contributed by atoms with van der Waals surface area (Å²) >= 11 is 0. The van der Waals surface area contributed by atoms with Crippen molar-refractivity contribution >= 4 is 16.9 Å². The fraction of sp³-hybridized carbons (Fsp3) is 0.450. The van der Waals surface area contributed by atoms with Gasteiger partial charge in [-0.2, -0.15) is 0 Å². The summed E-state index contributed by atoms with van der Waals surface area (Å²) in [4.78, 5) is 17.1. The van der Waals surface area contributed by atoms with Gasteiger partial charge in [0.25, 0.3) is 0 Å². The summed E-state index contributed by atoms with van der Waals surface area (Å²) in [6.45, 7) is 5.64. The van der Waals surface area contributed by atoms with Crippen molar-refractivity contribution in [2.75, 3.05) is 13.2 Å². The second kappa shape index (κ2) is 7.52. The number of carbonyl (C=O) groups excluding carboxylic acids is 1. The summed E-state index contributed by atoms with van der Waals surface area (Å²) in [5, 5.41) is 7.05. The molecule has 2 aromatic heterocycles. The lowest BCUT2D eigenvalue weighted by atomic mass is 9.98. The molecule has 4 rings (SSSR count). The number of para-hydroxylation sites is 2. The van der Waals surface area contributed by atoms with Gasteiger partial charge in [-0.1, -0.05) is 17.3 Å². The zero-order valence-corrected chi connectivity index (χ0v) is 15.6. The number of rotatable bonds is 6. The van der Waals surface area contributed by atoms with Crippen molar-refractivity contribution in [3.8, 4) is 0 Å². The smallest absolute Gasteiger partial charge is 0.222 e. The van der Waals surface area contributed by atoms with Crippen LogP contribution < -0.4 is 5.32 Å². The van der Waals surface area contributed by atoms with Crippen molar-refractivity contribution in [1.29, 1.82) is 0 Å². The Labute approximate surface area is 157 Å². The lowest BCUT2D eigenvalue weighted by Gasteiger charge is -2.18. The Bertz CT molecular complexity index is 946. The van der Waals surface area contributed by atoms with Crippen LogP contribution in [0.3, 0.4) is 0 Å². The van der Waals surface area contributed by atoms with Gasteiger partial charge in [0.15, 0.2) is 0 Å². The van der Waals surface area contributed by atoms with Crippen LogP contribution in [0, 0.1) is 19.8 Å². The van der Waals surface area contributed by atoms with Crippen LogP contribution in [0.4, 0.5) is 0 Å². The number of hydrogen-bond acceptors (Lipinski definition) is 5. The van der Waals surface area contributed by atoms with Gasteiger partial charge < -0.3 is 19.1 Å². The maximum Gasteiger partial charge on any atom is 0.222 e. The number of amides is 1. The number of carbonyl (C=O) groups is 1. The minimum absolute atomic E-state index is 0.00327. The van der Waals surface area contributed by atoms with Crippen LogP contribution in [0.25, 0.3) is 11.0 Å². The normalized spacial score (nSPS) is 19.6. The third kappa shape index (κ3) is 3.88. The molecule has 7 heteroatoms. The Kier molecular flexibility index (Phi) is 4.94. The van der Waals surface area contributed by atoms with Gasteiger partial charge >= 0.3 is 0 Å². The second-order valence-corrected chi connectivity index (χ2v) is 7.16. The van der Waals surface area contributed by atoms with Crippen molar-refractivity contribution in [3.63, 3.8) is 0 Å². The zero-order valence-electron chi connectivity index (χ0n) is 15.6. The quantitative estimate of drug-likeness (QED) is 0.722. The molecule has 1 fully saturated rings. The highest BCUT2D eigenvalue weighted by Gasteiger charge is 2.30. The van der Waals surface area contributed by atoms with E-state index in [4.69, 9.17) is 9.26 Å². The van der Waals surface area contributed by atoms with E-state index in [-0.39, 0.29) is 17.9 Å². The van der Waals surface area contributed by atoms with Gasteiger partial charge in [-0.3, -0.25) is 4.79 Å². The second-order valence-electron chi connectivity index (χ2n) is 7.16. The molecule has 1 N–H and O–H groups in total. The van der Waals surface area contributed by atoms with Gasteiger partial charge in [-0.25, -0.2) is 4.98 Å². The summed E-state index contributed by atoms with van der Waals surface area (Å²) in [5.74, 6) is 1.99. The molecule has 1 aliphatic rings. The third-order valence-electron chi connectivity index (χ3n) is 5.09. The molecule has 1 amide bonds. The van der Waals surface area contributed by atoms with E-state index in [1.165, 1.54) is 0 Å². The van der Waals surface area contributed by atoms with Gasteiger partial charge in [0, 0.05) is 31.4 Å². The van der Waals surface area contributed by atoms with Crippen LogP contribution >= 0.6 is 0 Å². The highest BCUT2D eigenvalue weighted by atomic mass is 16.5. The van der Waals surface area contributed by atoms with E-state index in [1.54, 1.807) is 0 Å². The molecule has 0 radical (unpaired) electrons. The van der Waals surface area contributed by atoms with Gasteiger partial charge in [0.1, 0.15) is 11.6 Å². The molecule has 27 heavy (non-hydrogen) atoms.